The Morgan fingerprint density at radius 3 is 2.67 bits per heavy atom. The number of sulfone groups is 1. The molecule has 1 aliphatic heterocycles. The first-order valence-corrected chi connectivity index (χ1v) is 13.6. The molecule has 10 nitrogen and oxygen atoms in total. The molecule has 0 radical (unpaired) electrons. The minimum atomic E-state index is -3.73. The molecule has 0 fully saturated rings. The summed E-state index contributed by atoms with van der Waals surface area (Å²) in [4.78, 5) is 21.7. The van der Waals surface area contributed by atoms with Crippen molar-refractivity contribution < 1.29 is 36.6 Å². The zero-order valence-corrected chi connectivity index (χ0v) is 21.7. The number of hydrogen-bond donors (Lipinski definition) is 2. The second kappa shape index (κ2) is 9.89. The number of ether oxygens (including phenoxy) is 2. The number of halogens is 2. The van der Waals surface area contributed by atoms with Gasteiger partial charge in [-0.15, -0.1) is 8.78 Å². The molecule has 2 N–H and O–H groups in total. The highest BCUT2D eigenvalue weighted by Crippen LogP contribution is 2.43. The number of para-hydroxylation sites is 1. The maximum atomic E-state index is 13.6. The number of carbonyl (C=O) groups excluding carboxylic acids is 1. The quantitative estimate of drug-likeness (QED) is 0.337. The number of alkyl halides is 2. The van der Waals surface area contributed by atoms with Gasteiger partial charge in [0.1, 0.15) is 5.82 Å². The van der Waals surface area contributed by atoms with E-state index in [2.05, 4.69) is 20.0 Å². The number of aryl methyl sites for hydroxylation is 1. The van der Waals surface area contributed by atoms with Crippen LogP contribution in [0.1, 0.15) is 40.4 Å². The van der Waals surface area contributed by atoms with Gasteiger partial charge in [-0.2, -0.15) is 0 Å². The molecule has 4 aromatic rings. The molecule has 0 saturated heterocycles. The zero-order valence-electron chi connectivity index (χ0n) is 20.9. The Balaban J connectivity index is 1.36. The fourth-order valence-corrected chi connectivity index (χ4v) is 5.14. The van der Waals surface area contributed by atoms with Crippen LogP contribution in [-0.4, -0.2) is 52.6 Å². The summed E-state index contributed by atoms with van der Waals surface area (Å²) < 4.78 is 62.3. The number of imidazole rings is 1. The zero-order chi connectivity index (χ0) is 27.9. The van der Waals surface area contributed by atoms with Gasteiger partial charge in [0.15, 0.2) is 21.3 Å². The van der Waals surface area contributed by atoms with E-state index >= 15 is 0 Å². The Bertz CT molecular complexity index is 1670. The molecule has 1 amide bonds. The number of aliphatic hydroxyl groups is 1. The number of aliphatic hydroxyl groups excluding tert-OH is 1. The van der Waals surface area contributed by atoms with Crippen molar-refractivity contribution in [2.24, 2.45) is 0 Å². The lowest BCUT2D eigenvalue weighted by molar-refractivity contribution is -0.286. The van der Waals surface area contributed by atoms with Gasteiger partial charge >= 0.3 is 6.29 Å². The Morgan fingerprint density at radius 1 is 1.18 bits per heavy atom. The van der Waals surface area contributed by atoms with E-state index in [1.165, 1.54) is 31.3 Å². The summed E-state index contributed by atoms with van der Waals surface area (Å²) in [5.74, 6) is -0.0662. The van der Waals surface area contributed by atoms with Crippen LogP contribution in [0.4, 0.5) is 8.78 Å². The molecule has 0 aliphatic carbocycles. The Kier molecular flexibility index (Phi) is 6.72. The molecule has 2 aromatic carbocycles. The highest BCUT2D eigenvalue weighted by Gasteiger charge is 2.44. The van der Waals surface area contributed by atoms with E-state index in [0.29, 0.717) is 28.1 Å². The fraction of sp³-hybridized carbons (Fsp3) is 0.269. The van der Waals surface area contributed by atoms with Gasteiger partial charge in [0.2, 0.25) is 0 Å². The Labute approximate surface area is 222 Å². The summed E-state index contributed by atoms with van der Waals surface area (Å²) in [5.41, 5.74) is 2.22. The SMILES string of the molecule is CCS(=O)(=O)c1ccc([C@H](CO)NC(=O)c2ccc3c(c2)nc(C)n3Cc2cccc3c2OC(F)(F)O3)nc1. The molecule has 3 heterocycles. The Morgan fingerprint density at radius 2 is 1.97 bits per heavy atom. The van der Waals surface area contributed by atoms with Crippen molar-refractivity contribution in [1.29, 1.82) is 0 Å². The van der Waals surface area contributed by atoms with E-state index in [1.807, 2.05) is 0 Å². The van der Waals surface area contributed by atoms with Crippen LogP contribution in [0.3, 0.4) is 0 Å². The van der Waals surface area contributed by atoms with Crippen LogP contribution < -0.4 is 14.8 Å². The van der Waals surface area contributed by atoms with Crippen molar-refractivity contribution in [2.45, 2.75) is 37.6 Å². The number of nitrogens with one attached hydrogen (secondary N) is 1. The molecular weight excluding hydrogens is 534 g/mol. The van der Waals surface area contributed by atoms with Crippen molar-refractivity contribution in [3.05, 3.63) is 77.4 Å². The standard InChI is InChI=1S/C26H24F2N4O6S/c1-3-39(35,36)18-8-9-19(29-12-18)21(14-33)31-25(34)16-7-10-22-20(11-16)30-15(2)32(22)13-17-5-4-6-23-24(17)38-26(27,28)37-23/h4-12,21,33H,3,13-14H2,1-2H3,(H,31,34)/t21-/m0/s1. The van der Waals surface area contributed by atoms with E-state index in [1.54, 1.807) is 41.8 Å². The van der Waals surface area contributed by atoms with Gasteiger partial charge < -0.3 is 24.5 Å². The first-order chi connectivity index (χ1) is 18.5. The van der Waals surface area contributed by atoms with Gasteiger partial charge in [0, 0.05) is 17.3 Å². The number of hydrogen-bond acceptors (Lipinski definition) is 8. The van der Waals surface area contributed by atoms with Crippen LogP contribution in [-0.2, 0) is 16.4 Å². The largest absolute Gasteiger partial charge is 0.586 e. The molecule has 1 aliphatic rings. The Hall–Kier alpha value is -4.10. The van der Waals surface area contributed by atoms with Crippen LogP contribution in [0, 0.1) is 6.92 Å². The highest BCUT2D eigenvalue weighted by molar-refractivity contribution is 7.91. The van der Waals surface area contributed by atoms with Crippen LogP contribution in [0.5, 0.6) is 11.5 Å². The van der Waals surface area contributed by atoms with E-state index in [9.17, 15) is 27.1 Å². The number of aromatic nitrogens is 3. The van der Waals surface area contributed by atoms with Crippen LogP contribution in [0.25, 0.3) is 11.0 Å². The predicted octanol–water partition coefficient (Wildman–Crippen LogP) is 3.37. The maximum Gasteiger partial charge on any atom is 0.586 e. The van der Waals surface area contributed by atoms with Gasteiger partial charge in [-0.3, -0.25) is 9.78 Å². The number of rotatable bonds is 8. The average Bonchev–Trinajstić information content (AvgIpc) is 3.41. The lowest BCUT2D eigenvalue weighted by Crippen LogP contribution is -2.31. The smallest absolute Gasteiger partial charge is 0.395 e. The van der Waals surface area contributed by atoms with Crippen molar-refractivity contribution in [2.75, 3.05) is 12.4 Å². The third-order valence-corrected chi connectivity index (χ3v) is 8.10. The molecule has 204 valence electrons. The normalized spacial score (nSPS) is 14.9. The van der Waals surface area contributed by atoms with Crippen molar-refractivity contribution in [3.8, 4) is 11.5 Å². The topological polar surface area (TPSA) is 133 Å². The summed E-state index contributed by atoms with van der Waals surface area (Å²) >= 11 is 0. The fourth-order valence-electron chi connectivity index (χ4n) is 4.31. The summed E-state index contributed by atoms with van der Waals surface area (Å²) in [6.07, 6.45) is -2.53. The first kappa shape index (κ1) is 26.5. The number of nitrogens with zero attached hydrogens (tertiary/aromatic N) is 3. The molecule has 1 atom stereocenters. The van der Waals surface area contributed by atoms with Crippen LogP contribution in [0.15, 0.2) is 59.6 Å². The molecule has 2 aromatic heterocycles. The van der Waals surface area contributed by atoms with E-state index in [0.717, 1.165) is 0 Å². The summed E-state index contributed by atoms with van der Waals surface area (Å²) in [6.45, 7) is 3.00. The molecule has 0 bridgehead atoms. The van der Waals surface area contributed by atoms with Crippen LogP contribution in [0.2, 0.25) is 0 Å². The summed E-state index contributed by atoms with van der Waals surface area (Å²) in [7, 11) is -3.43. The number of carbonyl (C=O) groups is 1. The van der Waals surface area contributed by atoms with Gasteiger partial charge in [-0.25, -0.2) is 13.4 Å². The van der Waals surface area contributed by atoms with E-state index in [4.69, 9.17) is 4.74 Å². The van der Waals surface area contributed by atoms with Gasteiger partial charge in [-0.1, -0.05) is 19.1 Å². The maximum absolute atomic E-state index is 13.6. The molecule has 0 spiro atoms. The second-order valence-electron chi connectivity index (χ2n) is 8.89. The van der Waals surface area contributed by atoms with E-state index < -0.39 is 34.7 Å². The molecule has 0 saturated carbocycles. The number of benzene rings is 2. The number of fused-ring (bicyclic) bond motifs is 2. The minimum absolute atomic E-state index is 0.0382. The minimum Gasteiger partial charge on any atom is -0.395 e. The summed E-state index contributed by atoms with van der Waals surface area (Å²) in [6, 6.07) is 11.5. The van der Waals surface area contributed by atoms with Gasteiger partial charge in [0.25, 0.3) is 5.91 Å². The number of pyridine rings is 1. The summed E-state index contributed by atoms with van der Waals surface area (Å²) in [5, 5.41) is 12.5. The van der Waals surface area contributed by atoms with Gasteiger partial charge in [-0.05, 0) is 43.3 Å². The first-order valence-electron chi connectivity index (χ1n) is 12.0. The third-order valence-electron chi connectivity index (χ3n) is 6.38. The lowest BCUT2D eigenvalue weighted by Gasteiger charge is -2.16. The van der Waals surface area contributed by atoms with Crippen molar-refractivity contribution in [3.63, 3.8) is 0 Å². The molecule has 13 heteroatoms. The van der Waals surface area contributed by atoms with Crippen LogP contribution >= 0.6 is 0 Å². The molecular formula is C26H24F2N4O6S. The monoisotopic (exact) mass is 558 g/mol. The average molecular weight is 559 g/mol. The number of amides is 1. The van der Waals surface area contributed by atoms with E-state index in [-0.39, 0.29) is 34.3 Å². The molecule has 5 rings (SSSR count). The lowest BCUT2D eigenvalue weighted by atomic mass is 10.1. The van der Waals surface area contributed by atoms with Crippen molar-refractivity contribution in [1.82, 2.24) is 19.9 Å². The molecule has 0 unspecified atom stereocenters. The predicted molar refractivity (Wildman–Crippen MR) is 135 cm³/mol. The second-order valence-corrected chi connectivity index (χ2v) is 11.2. The molecule has 39 heavy (non-hydrogen) atoms. The third kappa shape index (κ3) is 5.14. The van der Waals surface area contributed by atoms with Crippen molar-refractivity contribution >= 4 is 26.8 Å². The highest BCUT2D eigenvalue weighted by atomic mass is 32.2. The van der Waals surface area contributed by atoms with Gasteiger partial charge in [0.05, 0.1) is 46.6 Å².